The lowest BCUT2D eigenvalue weighted by Gasteiger charge is -2.30. The van der Waals surface area contributed by atoms with E-state index in [1.54, 1.807) is 24.5 Å². The van der Waals surface area contributed by atoms with E-state index in [4.69, 9.17) is 5.73 Å². The number of nitrogens with two attached hydrogens (primary N) is 1. The predicted octanol–water partition coefficient (Wildman–Crippen LogP) is 1.33. The van der Waals surface area contributed by atoms with Crippen molar-refractivity contribution >= 4 is 10.9 Å². The number of aromatic nitrogens is 1. The first-order chi connectivity index (χ1) is 8.41. The number of aliphatic hydroxyl groups is 1. The first kappa shape index (κ1) is 11.4. The summed E-state index contributed by atoms with van der Waals surface area (Å²) in [6, 6.07) is 8.36. The SMILES string of the molecule is CC(C)(O)C1C(N)c2cccc3ccc(=O)n1c23. The number of rotatable bonds is 1. The third-order valence-corrected chi connectivity index (χ3v) is 3.68. The van der Waals surface area contributed by atoms with Crippen molar-refractivity contribution in [3.05, 3.63) is 46.2 Å². The molecule has 2 atom stereocenters. The van der Waals surface area contributed by atoms with Crippen LogP contribution in [-0.2, 0) is 0 Å². The summed E-state index contributed by atoms with van der Waals surface area (Å²) in [5, 5.41) is 11.3. The van der Waals surface area contributed by atoms with E-state index >= 15 is 0 Å². The zero-order valence-corrected chi connectivity index (χ0v) is 10.4. The molecule has 0 bridgehead atoms. The van der Waals surface area contributed by atoms with Crippen LogP contribution < -0.4 is 11.3 Å². The summed E-state index contributed by atoms with van der Waals surface area (Å²) in [5.74, 6) is 0. The van der Waals surface area contributed by atoms with Gasteiger partial charge in [-0.1, -0.05) is 18.2 Å². The number of pyridine rings is 1. The van der Waals surface area contributed by atoms with E-state index in [2.05, 4.69) is 0 Å². The lowest BCUT2D eigenvalue weighted by molar-refractivity contribution is 0.0163. The van der Waals surface area contributed by atoms with Gasteiger partial charge in [0.25, 0.3) is 5.56 Å². The third-order valence-electron chi connectivity index (χ3n) is 3.68. The molecule has 2 unspecified atom stereocenters. The van der Waals surface area contributed by atoms with Crippen LogP contribution in [0.15, 0.2) is 35.1 Å². The minimum atomic E-state index is -1.05. The molecule has 4 nitrogen and oxygen atoms in total. The molecule has 2 aromatic rings. The lowest BCUT2D eigenvalue weighted by Crippen LogP contribution is -2.41. The van der Waals surface area contributed by atoms with Gasteiger partial charge in [0.1, 0.15) is 0 Å². The summed E-state index contributed by atoms with van der Waals surface area (Å²) in [5.41, 5.74) is 6.84. The van der Waals surface area contributed by atoms with Crippen LogP contribution in [0.1, 0.15) is 31.5 Å². The molecule has 0 amide bonds. The second kappa shape index (κ2) is 3.43. The van der Waals surface area contributed by atoms with Gasteiger partial charge in [0.15, 0.2) is 0 Å². The van der Waals surface area contributed by atoms with E-state index in [1.165, 1.54) is 6.07 Å². The van der Waals surface area contributed by atoms with Gasteiger partial charge in [-0.3, -0.25) is 4.79 Å². The Hall–Kier alpha value is -1.65. The second-order valence-corrected chi connectivity index (χ2v) is 5.45. The van der Waals surface area contributed by atoms with E-state index in [0.717, 1.165) is 16.5 Å². The van der Waals surface area contributed by atoms with Crippen LogP contribution in [0.4, 0.5) is 0 Å². The molecule has 3 N–H and O–H groups in total. The van der Waals surface area contributed by atoms with E-state index in [-0.39, 0.29) is 11.6 Å². The molecule has 2 heterocycles. The van der Waals surface area contributed by atoms with Crippen LogP contribution in [0, 0.1) is 0 Å². The zero-order chi connectivity index (χ0) is 13.1. The van der Waals surface area contributed by atoms with Crippen molar-refractivity contribution in [1.29, 1.82) is 0 Å². The normalized spacial score (nSPS) is 22.7. The Bertz CT molecular complexity index is 682. The fraction of sp³-hybridized carbons (Fsp3) is 0.357. The van der Waals surface area contributed by atoms with Gasteiger partial charge in [0, 0.05) is 6.07 Å². The van der Waals surface area contributed by atoms with Crippen molar-refractivity contribution in [2.45, 2.75) is 31.5 Å². The van der Waals surface area contributed by atoms with Crippen molar-refractivity contribution in [3.63, 3.8) is 0 Å². The van der Waals surface area contributed by atoms with Gasteiger partial charge in [0.05, 0.1) is 23.2 Å². The van der Waals surface area contributed by atoms with Gasteiger partial charge in [-0.05, 0) is 30.9 Å². The molecule has 1 aromatic heterocycles. The van der Waals surface area contributed by atoms with Crippen LogP contribution >= 0.6 is 0 Å². The largest absolute Gasteiger partial charge is 0.388 e. The van der Waals surface area contributed by atoms with Crippen LogP contribution in [0.2, 0.25) is 0 Å². The number of hydrogen-bond donors (Lipinski definition) is 2. The van der Waals surface area contributed by atoms with Gasteiger partial charge in [0.2, 0.25) is 0 Å². The van der Waals surface area contributed by atoms with Crippen LogP contribution in [-0.4, -0.2) is 15.3 Å². The molecule has 0 saturated carbocycles. The first-order valence-electron chi connectivity index (χ1n) is 6.03. The molecule has 4 heteroatoms. The van der Waals surface area contributed by atoms with Crippen LogP contribution in [0.25, 0.3) is 10.9 Å². The number of nitrogens with zero attached hydrogens (tertiary/aromatic N) is 1. The molecular weight excluding hydrogens is 228 g/mol. The Balaban J connectivity index is 2.44. The highest BCUT2D eigenvalue weighted by molar-refractivity contribution is 5.84. The number of benzene rings is 1. The molecule has 1 aliphatic heterocycles. The molecule has 18 heavy (non-hydrogen) atoms. The van der Waals surface area contributed by atoms with Gasteiger partial charge < -0.3 is 15.4 Å². The highest BCUT2D eigenvalue weighted by atomic mass is 16.3. The maximum Gasteiger partial charge on any atom is 0.251 e. The molecule has 0 spiro atoms. The monoisotopic (exact) mass is 244 g/mol. The quantitative estimate of drug-likeness (QED) is 0.795. The molecule has 0 radical (unpaired) electrons. The Morgan fingerprint density at radius 2 is 2.00 bits per heavy atom. The van der Waals surface area contributed by atoms with Crippen molar-refractivity contribution in [2.75, 3.05) is 0 Å². The maximum atomic E-state index is 12.1. The Labute approximate surface area is 105 Å². The minimum Gasteiger partial charge on any atom is -0.388 e. The van der Waals surface area contributed by atoms with Crippen molar-refractivity contribution in [1.82, 2.24) is 4.57 Å². The summed E-state index contributed by atoms with van der Waals surface area (Å²) in [4.78, 5) is 12.1. The van der Waals surface area contributed by atoms with Crippen molar-refractivity contribution < 1.29 is 5.11 Å². The van der Waals surface area contributed by atoms with Gasteiger partial charge in [-0.2, -0.15) is 0 Å². The molecule has 3 rings (SSSR count). The topological polar surface area (TPSA) is 68.2 Å². The lowest BCUT2D eigenvalue weighted by atomic mass is 9.91. The highest BCUT2D eigenvalue weighted by Crippen LogP contribution is 2.42. The molecule has 0 saturated heterocycles. The average molecular weight is 244 g/mol. The molecule has 94 valence electrons. The van der Waals surface area contributed by atoms with E-state index in [0.29, 0.717) is 0 Å². The summed E-state index contributed by atoms with van der Waals surface area (Å²) in [6.07, 6.45) is 0. The highest BCUT2D eigenvalue weighted by Gasteiger charge is 2.41. The summed E-state index contributed by atoms with van der Waals surface area (Å²) in [7, 11) is 0. The summed E-state index contributed by atoms with van der Waals surface area (Å²) >= 11 is 0. The smallest absolute Gasteiger partial charge is 0.251 e. The zero-order valence-electron chi connectivity index (χ0n) is 10.4. The summed E-state index contributed by atoms with van der Waals surface area (Å²) in [6.45, 7) is 3.38. The van der Waals surface area contributed by atoms with Crippen molar-refractivity contribution in [2.24, 2.45) is 5.73 Å². The second-order valence-electron chi connectivity index (χ2n) is 5.45. The fourth-order valence-electron chi connectivity index (χ4n) is 2.98. The molecular formula is C14H16N2O2. The average Bonchev–Trinajstić information content (AvgIpc) is 2.60. The number of para-hydroxylation sites is 1. The van der Waals surface area contributed by atoms with E-state index in [1.807, 2.05) is 18.2 Å². The van der Waals surface area contributed by atoms with Gasteiger partial charge in [-0.25, -0.2) is 0 Å². The molecule has 1 aromatic carbocycles. The van der Waals surface area contributed by atoms with Crippen LogP contribution in [0.3, 0.4) is 0 Å². The van der Waals surface area contributed by atoms with Gasteiger partial charge >= 0.3 is 0 Å². The minimum absolute atomic E-state index is 0.116. The van der Waals surface area contributed by atoms with Crippen molar-refractivity contribution in [3.8, 4) is 0 Å². The maximum absolute atomic E-state index is 12.1. The van der Waals surface area contributed by atoms with Crippen LogP contribution in [0.5, 0.6) is 0 Å². The summed E-state index contributed by atoms with van der Waals surface area (Å²) < 4.78 is 1.63. The number of hydrogen-bond acceptors (Lipinski definition) is 3. The fourth-order valence-corrected chi connectivity index (χ4v) is 2.98. The Morgan fingerprint density at radius 3 is 2.67 bits per heavy atom. The van der Waals surface area contributed by atoms with E-state index < -0.39 is 11.6 Å². The van der Waals surface area contributed by atoms with E-state index in [9.17, 15) is 9.90 Å². The predicted molar refractivity (Wildman–Crippen MR) is 70.5 cm³/mol. The Kier molecular flexibility index (Phi) is 2.18. The third kappa shape index (κ3) is 1.36. The standard InChI is InChI=1S/C14H16N2O2/c1-14(2,18)13-11(15)9-5-3-4-8-6-7-10(17)16(13)12(8)9/h3-7,11,13,18H,15H2,1-2H3. The molecule has 0 fully saturated rings. The Morgan fingerprint density at radius 1 is 1.28 bits per heavy atom. The first-order valence-corrected chi connectivity index (χ1v) is 6.03. The molecule has 1 aliphatic rings. The molecule has 0 aliphatic carbocycles. The van der Waals surface area contributed by atoms with Gasteiger partial charge in [-0.15, -0.1) is 0 Å².